The molecule has 0 atom stereocenters. The molecule has 0 spiro atoms. The molecule has 2 aromatic heterocycles. The maximum absolute atomic E-state index is 5.89. The van der Waals surface area contributed by atoms with E-state index in [9.17, 15) is 0 Å². The molecule has 0 fully saturated rings. The Hall–Kier alpha value is -1.69. The van der Waals surface area contributed by atoms with Crippen molar-refractivity contribution in [3.8, 4) is 0 Å². The van der Waals surface area contributed by atoms with E-state index < -0.39 is 5.54 Å². The Balaban J connectivity index is 2.20. The van der Waals surface area contributed by atoms with Gasteiger partial charge in [-0.3, -0.25) is 4.68 Å². The minimum atomic E-state index is -0.586. The smallest absolute Gasteiger partial charge is 0.248 e. The maximum atomic E-state index is 5.89. The van der Waals surface area contributed by atoms with Gasteiger partial charge in [0.05, 0.1) is 11.2 Å². The van der Waals surface area contributed by atoms with Gasteiger partial charge < -0.3 is 10.3 Å². The molecule has 2 heterocycles. The van der Waals surface area contributed by atoms with Gasteiger partial charge in [0.1, 0.15) is 6.54 Å². The Kier molecular flexibility index (Phi) is 2.74. The van der Waals surface area contributed by atoms with Gasteiger partial charge in [-0.15, -0.1) is 0 Å². The second-order valence-electron chi connectivity index (χ2n) is 4.82. The number of nitrogens with zero attached hydrogens (tertiary/aromatic N) is 4. The molecule has 0 radical (unpaired) electrons. The van der Waals surface area contributed by atoms with Crippen LogP contribution in [0.5, 0.6) is 0 Å². The van der Waals surface area contributed by atoms with Gasteiger partial charge >= 0.3 is 0 Å². The van der Waals surface area contributed by atoms with Crippen molar-refractivity contribution in [1.29, 1.82) is 0 Å². The third kappa shape index (κ3) is 2.52. The van der Waals surface area contributed by atoms with Crippen LogP contribution in [0.15, 0.2) is 10.6 Å². The number of hydrogen-bond donors (Lipinski definition) is 1. The van der Waals surface area contributed by atoms with Crippen molar-refractivity contribution >= 4 is 0 Å². The topological polar surface area (TPSA) is 82.8 Å². The summed E-state index contributed by atoms with van der Waals surface area (Å²) in [5.74, 6) is 1.03. The summed E-state index contributed by atoms with van der Waals surface area (Å²) >= 11 is 0. The number of nitrogens with two attached hydrogens (primary N) is 1. The molecule has 17 heavy (non-hydrogen) atoms. The molecule has 0 unspecified atom stereocenters. The van der Waals surface area contributed by atoms with Gasteiger partial charge in [-0.05, 0) is 33.8 Å². The molecule has 2 N–H and O–H groups in total. The lowest BCUT2D eigenvalue weighted by molar-refractivity contribution is 0.350. The largest absolute Gasteiger partial charge is 0.337 e. The number of rotatable bonds is 3. The van der Waals surface area contributed by atoms with Crippen LogP contribution in [0.25, 0.3) is 0 Å². The minimum absolute atomic E-state index is 0.475. The fourth-order valence-electron chi connectivity index (χ4n) is 1.54. The van der Waals surface area contributed by atoms with Crippen LogP contribution in [0.1, 0.15) is 37.0 Å². The van der Waals surface area contributed by atoms with Crippen molar-refractivity contribution in [3.05, 3.63) is 29.2 Å². The normalized spacial score (nSPS) is 12.1. The van der Waals surface area contributed by atoms with Gasteiger partial charge in [0.15, 0.2) is 5.82 Å². The number of hydrogen-bond acceptors (Lipinski definition) is 5. The van der Waals surface area contributed by atoms with Crippen molar-refractivity contribution in [2.24, 2.45) is 5.73 Å². The molecule has 92 valence electrons. The average molecular weight is 235 g/mol. The van der Waals surface area contributed by atoms with Gasteiger partial charge in [0, 0.05) is 5.69 Å². The first kappa shape index (κ1) is 11.8. The SMILES string of the molecule is Cc1cc(C)n(Cc2nc(C(C)(C)N)no2)n1. The Morgan fingerprint density at radius 3 is 2.59 bits per heavy atom. The maximum Gasteiger partial charge on any atom is 0.248 e. The molecule has 0 aliphatic heterocycles. The monoisotopic (exact) mass is 235 g/mol. The molecule has 0 amide bonds. The summed E-state index contributed by atoms with van der Waals surface area (Å²) in [5.41, 5.74) is 7.34. The van der Waals surface area contributed by atoms with Crippen LogP contribution in [0.2, 0.25) is 0 Å². The van der Waals surface area contributed by atoms with Crippen LogP contribution in [-0.4, -0.2) is 19.9 Å². The van der Waals surface area contributed by atoms with Gasteiger partial charge in [0.25, 0.3) is 0 Å². The molecule has 0 aliphatic rings. The fraction of sp³-hybridized carbons (Fsp3) is 0.545. The van der Waals surface area contributed by atoms with E-state index in [4.69, 9.17) is 10.3 Å². The van der Waals surface area contributed by atoms with Crippen LogP contribution in [0, 0.1) is 13.8 Å². The molecule has 6 nitrogen and oxygen atoms in total. The summed E-state index contributed by atoms with van der Waals surface area (Å²) in [7, 11) is 0. The zero-order valence-electron chi connectivity index (χ0n) is 10.6. The summed E-state index contributed by atoms with van der Waals surface area (Å²) in [6.45, 7) is 8.09. The summed E-state index contributed by atoms with van der Waals surface area (Å²) in [4.78, 5) is 4.26. The zero-order chi connectivity index (χ0) is 12.6. The number of aryl methyl sites for hydroxylation is 2. The van der Waals surface area contributed by atoms with E-state index in [-0.39, 0.29) is 0 Å². The van der Waals surface area contributed by atoms with Crippen molar-refractivity contribution in [1.82, 2.24) is 19.9 Å². The zero-order valence-corrected chi connectivity index (χ0v) is 10.6. The van der Waals surface area contributed by atoms with E-state index >= 15 is 0 Å². The molecular weight excluding hydrogens is 218 g/mol. The molecule has 0 aromatic carbocycles. The summed E-state index contributed by atoms with van der Waals surface area (Å²) in [5, 5.41) is 8.20. The van der Waals surface area contributed by atoms with E-state index in [1.807, 2.05) is 38.4 Å². The van der Waals surface area contributed by atoms with Gasteiger partial charge in [0.2, 0.25) is 5.89 Å². The molecular formula is C11H17N5O. The highest BCUT2D eigenvalue weighted by molar-refractivity contribution is 5.08. The third-order valence-corrected chi connectivity index (χ3v) is 2.43. The summed E-state index contributed by atoms with van der Waals surface area (Å²) in [6, 6.07) is 2.00. The minimum Gasteiger partial charge on any atom is -0.337 e. The van der Waals surface area contributed by atoms with Crippen molar-refractivity contribution < 1.29 is 4.52 Å². The van der Waals surface area contributed by atoms with E-state index in [1.54, 1.807) is 0 Å². The van der Waals surface area contributed by atoms with Crippen LogP contribution < -0.4 is 5.73 Å². The fourth-order valence-corrected chi connectivity index (χ4v) is 1.54. The lowest BCUT2D eigenvalue weighted by atomic mass is 10.1. The van der Waals surface area contributed by atoms with E-state index in [0.29, 0.717) is 18.3 Å². The second kappa shape index (κ2) is 3.96. The lowest BCUT2D eigenvalue weighted by Gasteiger charge is -2.11. The average Bonchev–Trinajstić information content (AvgIpc) is 2.74. The Morgan fingerprint density at radius 1 is 1.41 bits per heavy atom. The van der Waals surface area contributed by atoms with Crippen LogP contribution in [0.3, 0.4) is 0 Å². The van der Waals surface area contributed by atoms with Crippen LogP contribution in [-0.2, 0) is 12.1 Å². The molecule has 0 saturated heterocycles. The Morgan fingerprint density at radius 2 is 2.12 bits per heavy atom. The van der Waals surface area contributed by atoms with Gasteiger partial charge in [-0.25, -0.2) is 0 Å². The highest BCUT2D eigenvalue weighted by Gasteiger charge is 2.21. The second-order valence-corrected chi connectivity index (χ2v) is 4.82. The first-order chi connectivity index (χ1) is 7.86. The van der Waals surface area contributed by atoms with Crippen LogP contribution >= 0.6 is 0 Å². The van der Waals surface area contributed by atoms with E-state index in [0.717, 1.165) is 11.4 Å². The van der Waals surface area contributed by atoms with E-state index in [1.165, 1.54) is 0 Å². The number of aromatic nitrogens is 4. The molecule has 6 heteroatoms. The van der Waals surface area contributed by atoms with Gasteiger partial charge in [-0.2, -0.15) is 10.1 Å². The quantitative estimate of drug-likeness (QED) is 0.862. The third-order valence-electron chi connectivity index (χ3n) is 2.43. The molecule has 0 aliphatic carbocycles. The Labute approximate surface area is 99.8 Å². The lowest BCUT2D eigenvalue weighted by Crippen LogP contribution is -2.30. The van der Waals surface area contributed by atoms with E-state index in [2.05, 4.69) is 15.2 Å². The first-order valence-corrected chi connectivity index (χ1v) is 5.49. The molecule has 2 rings (SSSR count). The van der Waals surface area contributed by atoms with Crippen molar-refractivity contribution in [2.45, 2.75) is 39.8 Å². The predicted octanol–water partition coefficient (Wildman–Crippen LogP) is 1.13. The summed E-state index contributed by atoms with van der Waals surface area (Å²) in [6.07, 6.45) is 0. The van der Waals surface area contributed by atoms with Crippen LogP contribution in [0.4, 0.5) is 0 Å². The first-order valence-electron chi connectivity index (χ1n) is 5.49. The summed E-state index contributed by atoms with van der Waals surface area (Å²) < 4.78 is 6.99. The molecule has 0 saturated carbocycles. The molecule has 0 bridgehead atoms. The predicted molar refractivity (Wildman–Crippen MR) is 62.3 cm³/mol. The molecule has 2 aromatic rings. The standard InChI is InChI=1S/C11H17N5O/c1-7-5-8(2)16(14-7)6-9-13-10(15-17-9)11(3,4)12/h5H,6,12H2,1-4H3. The Bertz CT molecular complexity index is 520. The highest BCUT2D eigenvalue weighted by atomic mass is 16.5. The van der Waals surface area contributed by atoms with Gasteiger partial charge in [-0.1, -0.05) is 5.16 Å². The van der Waals surface area contributed by atoms with Crippen molar-refractivity contribution in [3.63, 3.8) is 0 Å². The highest BCUT2D eigenvalue weighted by Crippen LogP contribution is 2.13. The van der Waals surface area contributed by atoms with Crippen molar-refractivity contribution in [2.75, 3.05) is 0 Å².